The second kappa shape index (κ2) is 6.89. The minimum atomic E-state index is -1.12. The summed E-state index contributed by atoms with van der Waals surface area (Å²) in [5.41, 5.74) is -1.08. The van der Waals surface area contributed by atoms with Gasteiger partial charge in [-0.15, -0.1) is 0 Å². The average molecular weight is 421 g/mol. The first kappa shape index (κ1) is 21.5. The van der Waals surface area contributed by atoms with Crippen LogP contribution >= 0.6 is 0 Å². The summed E-state index contributed by atoms with van der Waals surface area (Å²) in [4.78, 5) is 37.8. The number of aliphatic hydroxyl groups is 1. The number of carbonyl (C=O) groups excluding carboxylic acids is 3. The van der Waals surface area contributed by atoms with Crippen LogP contribution in [-0.4, -0.2) is 52.8 Å². The smallest absolute Gasteiger partial charge is 0.303 e. The molecule has 2 unspecified atom stereocenters. The Morgan fingerprint density at radius 1 is 1.17 bits per heavy atom. The van der Waals surface area contributed by atoms with Crippen molar-refractivity contribution >= 4 is 17.7 Å². The number of hydrogen-bond acceptors (Lipinski definition) is 7. The molecule has 3 fully saturated rings. The molecule has 7 heteroatoms. The Balaban J connectivity index is 1.87. The van der Waals surface area contributed by atoms with Crippen molar-refractivity contribution in [2.45, 2.75) is 90.1 Å². The highest BCUT2D eigenvalue weighted by Crippen LogP contribution is 2.59. The van der Waals surface area contributed by atoms with Crippen molar-refractivity contribution in [2.24, 2.45) is 17.3 Å². The Kier molecular flexibility index (Phi) is 4.94. The summed E-state index contributed by atoms with van der Waals surface area (Å²) >= 11 is 0. The molecule has 1 N–H and O–H groups in total. The lowest BCUT2D eigenvalue weighted by molar-refractivity contribution is -0.301. The summed E-state index contributed by atoms with van der Waals surface area (Å²) in [6, 6.07) is 0. The van der Waals surface area contributed by atoms with Gasteiger partial charge in [0.15, 0.2) is 17.5 Å². The normalized spacial score (nSPS) is 42.1. The van der Waals surface area contributed by atoms with E-state index < -0.39 is 40.6 Å². The number of ketones is 1. The summed E-state index contributed by atoms with van der Waals surface area (Å²) in [6.07, 6.45) is 1.36. The fourth-order valence-corrected chi connectivity index (χ4v) is 6.52. The van der Waals surface area contributed by atoms with Crippen molar-refractivity contribution in [2.75, 3.05) is 6.61 Å². The minimum absolute atomic E-state index is 0.154. The van der Waals surface area contributed by atoms with Crippen LogP contribution in [-0.2, 0) is 28.6 Å². The molecule has 166 valence electrons. The van der Waals surface area contributed by atoms with E-state index in [2.05, 4.69) is 0 Å². The van der Waals surface area contributed by atoms with Crippen LogP contribution in [0.1, 0.15) is 66.7 Å². The zero-order chi connectivity index (χ0) is 22.1. The Morgan fingerprint density at radius 3 is 2.43 bits per heavy atom. The predicted molar refractivity (Wildman–Crippen MR) is 106 cm³/mol. The summed E-state index contributed by atoms with van der Waals surface area (Å²) in [5.74, 6) is -1.95. The highest BCUT2D eigenvalue weighted by Gasteiger charge is 2.67. The van der Waals surface area contributed by atoms with Gasteiger partial charge in [-0.2, -0.15) is 0 Å². The monoisotopic (exact) mass is 420 g/mol. The zero-order valence-corrected chi connectivity index (χ0v) is 18.4. The van der Waals surface area contributed by atoms with Gasteiger partial charge in [-0.1, -0.05) is 19.4 Å². The molecule has 0 aromatic carbocycles. The molecule has 2 bridgehead atoms. The van der Waals surface area contributed by atoms with Gasteiger partial charge in [0, 0.05) is 31.1 Å². The van der Waals surface area contributed by atoms with Crippen LogP contribution in [0.5, 0.6) is 0 Å². The molecule has 6 atom stereocenters. The summed E-state index contributed by atoms with van der Waals surface area (Å²) in [6.45, 7) is 8.69. The van der Waals surface area contributed by atoms with Gasteiger partial charge in [0.1, 0.15) is 6.10 Å². The molecule has 3 aliphatic carbocycles. The molecule has 1 saturated heterocycles. The maximum Gasteiger partial charge on any atom is 0.303 e. The van der Waals surface area contributed by atoms with Crippen molar-refractivity contribution < 1.29 is 33.7 Å². The molecule has 0 aromatic rings. The lowest BCUT2D eigenvalue weighted by Gasteiger charge is -2.61. The van der Waals surface area contributed by atoms with Gasteiger partial charge in [0.05, 0.1) is 12.2 Å². The van der Waals surface area contributed by atoms with Gasteiger partial charge in [-0.3, -0.25) is 14.4 Å². The minimum Gasteiger partial charge on any atom is -0.454 e. The van der Waals surface area contributed by atoms with E-state index in [-0.39, 0.29) is 24.4 Å². The van der Waals surface area contributed by atoms with E-state index in [1.54, 1.807) is 0 Å². The lowest BCUT2D eigenvalue weighted by atomic mass is 9.51. The second-order valence-corrected chi connectivity index (χ2v) is 10.1. The van der Waals surface area contributed by atoms with Gasteiger partial charge in [-0.05, 0) is 44.6 Å². The first-order valence-electron chi connectivity index (χ1n) is 10.9. The van der Waals surface area contributed by atoms with Crippen molar-refractivity contribution in [3.63, 3.8) is 0 Å². The fraction of sp³-hybridized carbons (Fsp3) is 0.783. The van der Waals surface area contributed by atoms with Gasteiger partial charge in [0.25, 0.3) is 0 Å². The molecule has 2 saturated carbocycles. The van der Waals surface area contributed by atoms with Crippen LogP contribution in [0.4, 0.5) is 0 Å². The van der Waals surface area contributed by atoms with Gasteiger partial charge < -0.3 is 19.3 Å². The number of carbonyl (C=O) groups is 3. The first-order valence-corrected chi connectivity index (χ1v) is 10.9. The summed E-state index contributed by atoms with van der Waals surface area (Å²) in [7, 11) is 0. The molecule has 0 spiro atoms. The van der Waals surface area contributed by atoms with Crippen LogP contribution < -0.4 is 0 Å². The van der Waals surface area contributed by atoms with Crippen LogP contribution in [0.2, 0.25) is 0 Å². The third-order valence-electron chi connectivity index (χ3n) is 8.18. The van der Waals surface area contributed by atoms with Gasteiger partial charge in [0.2, 0.25) is 0 Å². The van der Waals surface area contributed by atoms with E-state index in [0.717, 1.165) is 11.1 Å². The summed E-state index contributed by atoms with van der Waals surface area (Å²) < 4.78 is 17.2. The average Bonchev–Trinajstić information content (AvgIpc) is 2.61. The number of esters is 2. The van der Waals surface area contributed by atoms with E-state index in [1.807, 2.05) is 20.8 Å². The second-order valence-electron chi connectivity index (χ2n) is 10.1. The molecule has 4 rings (SSSR count). The molecule has 0 aromatic heterocycles. The Bertz CT molecular complexity index is 827. The topological polar surface area (TPSA) is 99.1 Å². The van der Waals surface area contributed by atoms with Crippen molar-refractivity contribution in [3.05, 3.63) is 11.1 Å². The highest BCUT2D eigenvalue weighted by molar-refractivity contribution is 5.91. The van der Waals surface area contributed by atoms with E-state index >= 15 is 0 Å². The molecule has 0 amide bonds. The van der Waals surface area contributed by atoms with Crippen molar-refractivity contribution in [1.82, 2.24) is 0 Å². The standard InChI is InChI=1S/C23H32O7/c1-12-8-9-22(27)10-16-15(6-7-17-23(16,11-28-17)30-14(3)25)19(26)20(29-13(2)24)18(12)21(22,4)5/h15-17,20,27H,6-11H2,1-5H3/t15?,16?,17-,20-,22-,23-/m1/s1. The molecule has 4 aliphatic rings. The van der Waals surface area contributed by atoms with E-state index in [1.165, 1.54) is 13.8 Å². The molecular weight excluding hydrogens is 388 g/mol. The molecule has 30 heavy (non-hydrogen) atoms. The largest absolute Gasteiger partial charge is 0.454 e. The van der Waals surface area contributed by atoms with Crippen LogP contribution in [0.3, 0.4) is 0 Å². The quantitative estimate of drug-likeness (QED) is 0.541. The first-order chi connectivity index (χ1) is 13.9. The van der Waals surface area contributed by atoms with Crippen LogP contribution in [0.25, 0.3) is 0 Å². The zero-order valence-electron chi connectivity index (χ0n) is 18.4. The van der Waals surface area contributed by atoms with Gasteiger partial charge >= 0.3 is 11.9 Å². The molecular formula is C23H32O7. The molecule has 1 heterocycles. The van der Waals surface area contributed by atoms with Crippen LogP contribution in [0.15, 0.2) is 11.1 Å². The SMILES string of the molecule is CC(=O)O[C@H]1C(=O)C2CC[C@H]3OC[C@@]3(OC(C)=O)C2C[C@]2(O)CCC(C)=C1C2(C)C. The third-order valence-corrected chi connectivity index (χ3v) is 8.18. The number of ether oxygens (including phenoxy) is 3. The van der Waals surface area contributed by atoms with E-state index in [0.29, 0.717) is 32.1 Å². The molecule has 0 radical (unpaired) electrons. The maximum absolute atomic E-state index is 13.8. The molecule has 7 nitrogen and oxygen atoms in total. The number of fused-ring (bicyclic) bond motifs is 5. The Morgan fingerprint density at radius 2 is 1.87 bits per heavy atom. The Labute approximate surface area is 177 Å². The Hall–Kier alpha value is -1.73. The predicted octanol–water partition coefficient (Wildman–Crippen LogP) is 2.49. The summed E-state index contributed by atoms with van der Waals surface area (Å²) in [5, 5.41) is 11.9. The number of Topliss-reactive ketones (excluding diaryl/α,β-unsaturated/α-hetero) is 1. The lowest BCUT2D eigenvalue weighted by Crippen LogP contribution is -2.72. The van der Waals surface area contributed by atoms with Crippen molar-refractivity contribution in [3.8, 4) is 0 Å². The molecule has 1 aliphatic heterocycles. The van der Waals surface area contributed by atoms with Gasteiger partial charge in [-0.25, -0.2) is 0 Å². The van der Waals surface area contributed by atoms with Crippen LogP contribution in [0, 0.1) is 17.3 Å². The maximum atomic E-state index is 13.8. The third kappa shape index (κ3) is 2.88. The number of allylic oxidation sites excluding steroid dienone is 1. The fourth-order valence-electron chi connectivity index (χ4n) is 6.52. The number of rotatable bonds is 2. The highest BCUT2D eigenvalue weighted by atomic mass is 16.6. The number of hydrogen-bond donors (Lipinski definition) is 1. The van der Waals surface area contributed by atoms with E-state index in [9.17, 15) is 19.5 Å². The van der Waals surface area contributed by atoms with E-state index in [4.69, 9.17) is 14.2 Å². The van der Waals surface area contributed by atoms with Crippen molar-refractivity contribution in [1.29, 1.82) is 0 Å².